The van der Waals surface area contributed by atoms with Crippen molar-refractivity contribution in [3.05, 3.63) is 156 Å². The van der Waals surface area contributed by atoms with E-state index in [1.165, 1.54) is 33.4 Å². The molecule has 0 spiro atoms. The van der Waals surface area contributed by atoms with Gasteiger partial charge in [0.05, 0.1) is 5.52 Å². The monoisotopic (exact) mass is 817 g/mol. The van der Waals surface area contributed by atoms with Gasteiger partial charge in [-0.25, -0.2) is 9.97 Å². The summed E-state index contributed by atoms with van der Waals surface area (Å²) in [7, 11) is 0. The number of fused-ring (bicyclic) bond motifs is 1. The van der Waals surface area contributed by atoms with Gasteiger partial charge in [0.2, 0.25) is 0 Å². The van der Waals surface area contributed by atoms with E-state index in [4.69, 9.17) is 4.98 Å². The summed E-state index contributed by atoms with van der Waals surface area (Å²) in [6, 6.07) is 37.9. The van der Waals surface area contributed by atoms with Crippen molar-refractivity contribution in [1.82, 2.24) is 19.9 Å². The molecule has 0 aliphatic heterocycles. The van der Waals surface area contributed by atoms with Crippen LogP contribution in [-0.2, 0) is 25.5 Å². The molecule has 0 bridgehead atoms. The molecule has 49 heavy (non-hydrogen) atoms. The largest absolute Gasteiger partial charge is 0.305 e. The number of pyridine rings is 2. The predicted molar refractivity (Wildman–Crippen MR) is 199 cm³/mol. The van der Waals surface area contributed by atoms with Gasteiger partial charge in [-0.1, -0.05) is 68.3 Å². The zero-order valence-electron chi connectivity index (χ0n) is 29.1. The van der Waals surface area contributed by atoms with Crippen LogP contribution < -0.4 is 0 Å². The van der Waals surface area contributed by atoms with Gasteiger partial charge in [0.15, 0.2) is 0 Å². The topological polar surface area (TPSA) is 51.6 Å². The van der Waals surface area contributed by atoms with Crippen molar-refractivity contribution in [3.63, 3.8) is 0 Å². The van der Waals surface area contributed by atoms with Gasteiger partial charge in [0, 0.05) is 44.1 Å². The van der Waals surface area contributed by atoms with Crippen LogP contribution in [0.1, 0.15) is 48.6 Å². The summed E-state index contributed by atoms with van der Waals surface area (Å²) in [5, 5.41) is 1.05. The number of hydrogen-bond acceptors (Lipinski definition) is 4. The number of nitrogens with zero attached hydrogens (tertiary/aromatic N) is 4. The summed E-state index contributed by atoms with van der Waals surface area (Å²) in [5.41, 5.74) is 15.8. The molecule has 7 rings (SSSR count). The molecule has 0 saturated carbocycles. The molecular formula is C44H40IrN4-2. The Hall–Kier alpha value is -4.83. The third-order valence-electron chi connectivity index (χ3n) is 8.72. The second-order valence-electron chi connectivity index (χ2n) is 13.4. The first-order valence-electron chi connectivity index (χ1n) is 16.3. The molecule has 4 aromatic carbocycles. The van der Waals surface area contributed by atoms with Crippen LogP contribution in [0.5, 0.6) is 0 Å². The first kappa shape index (κ1) is 35.5. The molecule has 7 aromatic rings. The first-order valence-corrected chi connectivity index (χ1v) is 16.3. The number of rotatable bonds is 4. The van der Waals surface area contributed by atoms with Crippen LogP contribution in [0.15, 0.2) is 116 Å². The molecule has 0 unspecified atom stereocenters. The SMILES string of the molecule is Cc1cc(C)c(-c2ccc(-c3cc[c-]c(-c4cc(C(C)(C)C)ccn4)c3)c3ncncc23)cc1C.Cc1ccnc(-c2[c-]cccc2)c1.[Ir]. The minimum Gasteiger partial charge on any atom is -0.305 e. The van der Waals surface area contributed by atoms with Crippen molar-refractivity contribution < 1.29 is 20.1 Å². The van der Waals surface area contributed by atoms with Gasteiger partial charge in [-0.05, 0) is 95.6 Å². The Labute approximate surface area is 304 Å². The Kier molecular flexibility index (Phi) is 11.0. The van der Waals surface area contributed by atoms with Crippen LogP contribution in [-0.4, -0.2) is 19.9 Å². The average Bonchev–Trinajstić information content (AvgIpc) is 3.10. The number of benzene rings is 4. The summed E-state index contributed by atoms with van der Waals surface area (Å²) in [6.07, 6.45) is 7.28. The molecule has 0 saturated heterocycles. The smallest absolute Gasteiger partial charge is 0.116 e. The van der Waals surface area contributed by atoms with Gasteiger partial charge in [-0.15, -0.1) is 65.7 Å². The van der Waals surface area contributed by atoms with Gasteiger partial charge in [-0.3, -0.25) is 0 Å². The van der Waals surface area contributed by atoms with Crippen molar-refractivity contribution in [2.75, 3.05) is 0 Å². The minimum atomic E-state index is 0. The molecule has 0 aliphatic carbocycles. The van der Waals surface area contributed by atoms with E-state index in [9.17, 15) is 0 Å². The maximum Gasteiger partial charge on any atom is 0.116 e. The summed E-state index contributed by atoms with van der Waals surface area (Å²) >= 11 is 0. The minimum absolute atomic E-state index is 0. The van der Waals surface area contributed by atoms with Gasteiger partial charge < -0.3 is 9.97 Å². The van der Waals surface area contributed by atoms with E-state index in [1.54, 1.807) is 6.33 Å². The maximum atomic E-state index is 4.73. The van der Waals surface area contributed by atoms with Crippen LogP contribution in [0.4, 0.5) is 0 Å². The third kappa shape index (κ3) is 8.08. The van der Waals surface area contributed by atoms with E-state index in [1.807, 2.05) is 55.0 Å². The summed E-state index contributed by atoms with van der Waals surface area (Å²) in [6.45, 7) is 15.2. The van der Waals surface area contributed by atoms with E-state index in [0.29, 0.717) is 0 Å². The van der Waals surface area contributed by atoms with Crippen LogP contribution in [0.25, 0.3) is 55.7 Å². The van der Waals surface area contributed by atoms with Gasteiger partial charge in [0.25, 0.3) is 0 Å². The molecular weight excluding hydrogens is 777 g/mol. The van der Waals surface area contributed by atoms with E-state index >= 15 is 0 Å². The maximum absolute atomic E-state index is 4.73. The Balaban J connectivity index is 0.000000280. The predicted octanol–water partition coefficient (Wildman–Crippen LogP) is 10.9. The number of hydrogen-bond donors (Lipinski definition) is 0. The van der Waals surface area contributed by atoms with E-state index in [-0.39, 0.29) is 25.5 Å². The Morgan fingerprint density at radius 3 is 2.04 bits per heavy atom. The second kappa shape index (κ2) is 15.2. The summed E-state index contributed by atoms with van der Waals surface area (Å²) in [5.74, 6) is 0. The van der Waals surface area contributed by atoms with E-state index in [0.717, 1.165) is 50.1 Å². The fourth-order valence-corrected chi connectivity index (χ4v) is 5.86. The molecule has 247 valence electrons. The van der Waals surface area contributed by atoms with Gasteiger partial charge in [-0.2, -0.15) is 0 Å². The molecule has 0 aliphatic rings. The third-order valence-corrected chi connectivity index (χ3v) is 8.72. The average molecular weight is 817 g/mol. The fourth-order valence-electron chi connectivity index (χ4n) is 5.86. The molecule has 0 atom stereocenters. The van der Waals surface area contributed by atoms with Crippen molar-refractivity contribution >= 4 is 10.9 Å². The van der Waals surface area contributed by atoms with Crippen LogP contribution in [0, 0.1) is 39.8 Å². The quantitative estimate of drug-likeness (QED) is 0.166. The number of aromatic nitrogens is 4. The van der Waals surface area contributed by atoms with Crippen molar-refractivity contribution in [2.24, 2.45) is 0 Å². The normalized spacial score (nSPS) is 11.0. The second-order valence-corrected chi connectivity index (χ2v) is 13.4. The van der Waals surface area contributed by atoms with Crippen LogP contribution in [0.2, 0.25) is 0 Å². The molecule has 0 amide bonds. The molecule has 3 heterocycles. The molecule has 4 nitrogen and oxygen atoms in total. The number of aryl methyl sites for hydroxylation is 4. The Morgan fingerprint density at radius 2 is 1.31 bits per heavy atom. The summed E-state index contributed by atoms with van der Waals surface area (Å²) in [4.78, 5) is 18.0. The first-order chi connectivity index (χ1) is 23.1. The van der Waals surface area contributed by atoms with Crippen LogP contribution in [0.3, 0.4) is 0 Å². The van der Waals surface area contributed by atoms with E-state index in [2.05, 4.69) is 130 Å². The van der Waals surface area contributed by atoms with Crippen molar-refractivity contribution in [1.29, 1.82) is 0 Å². The van der Waals surface area contributed by atoms with Crippen LogP contribution >= 0.6 is 0 Å². The molecule has 3 aromatic heterocycles. The zero-order chi connectivity index (χ0) is 33.8. The van der Waals surface area contributed by atoms with Crippen molar-refractivity contribution in [3.8, 4) is 44.8 Å². The molecule has 1 radical (unpaired) electrons. The standard InChI is InChI=1S/C32H30N3.C12H10N.Ir/c1-20-14-22(3)28(15-21(20)2)27-11-10-26(31-29(27)18-33-19-35-31)23-8-7-9-24(16-23)30-17-25(12-13-34-30)32(4,5)6;1-10-7-8-13-12(9-10)11-5-3-2-4-6-11;/h7-8,10-19H,1-6H3;2-5,7-9H,1H3;/q2*-1;. The van der Waals surface area contributed by atoms with Gasteiger partial charge >= 0.3 is 0 Å². The molecule has 5 heteroatoms. The van der Waals surface area contributed by atoms with Gasteiger partial charge in [0.1, 0.15) is 6.33 Å². The Bertz CT molecular complexity index is 2220. The van der Waals surface area contributed by atoms with Crippen molar-refractivity contribution in [2.45, 2.75) is 53.9 Å². The summed E-state index contributed by atoms with van der Waals surface area (Å²) < 4.78 is 0. The molecule has 0 fully saturated rings. The Morgan fingerprint density at radius 1 is 0.592 bits per heavy atom. The fraction of sp³-hybridized carbons (Fsp3) is 0.182. The molecule has 0 N–H and O–H groups in total. The van der Waals surface area contributed by atoms with E-state index < -0.39 is 0 Å². The zero-order valence-corrected chi connectivity index (χ0v) is 31.5.